The second-order valence-electron chi connectivity index (χ2n) is 2.19. The van der Waals surface area contributed by atoms with Crippen molar-refractivity contribution in [2.45, 2.75) is 26.7 Å². The first-order valence-corrected chi connectivity index (χ1v) is 3.62. The van der Waals surface area contributed by atoms with E-state index in [2.05, 4.69) is 5.32 Å². The lowest BCUT2D eigenvalue weighted by Crippen LogP contribution is -2.26. The zero-order chi connectivity index (χ0) is 8.69. The van der Waals surface area contributed by atoms with Crippen molar-refractivity contribution in [2.24, 2.45) is 0 Å². The van der Waals surface area contributed by atoms with Gasteiger partial charge in [-0.1, -0.05) is 19.1 Å². The average molecular weight is 155 g/mol. The quantitative estimate of drug-likeness (QED) is 0.618. The highest BCUT2D eigenvalue weighted by Gasteiger charge is 1.98. The van der Waals surface area contributed by atoms with Gasteiger partial charge in [0.25, 0.3) is 0 Å². The summed E-state index contributed by atoms with van der Waals surface area (Å²) in [5.41, 5.74) is 0. The van der Waals surface area contributed by atoms with Crippen LogP contribution in [0, 0.1) is 0 Å². The van der Waals surface area contributed by atoms with Crippen LogP contribution in [-0.4, -0.2) is 11.8 Å². The van der Waals surface area contributed by atoms with Gasteiger partial charge in [-0.25, -0.2) is 0 Å². The van der Waals surface area contributed by atoms with Gasteiger partial charge in [0, 0.05) is 13.3 Å². The molecule has 1 N–H and O–H groups in total. The number of nitrogens with one attached hydrogen (secondary N) is 1. The van der Waals surface area contributed by atoms with Crippen molar-refractivity contribution in [1.29, 1.82) is 0 Å². The van der Waals surface area contributed by atoms with Crippen LogP contribution >= 0.6 is 0 Å². The van der Waals surface area contributed by atoms with Gasteiger partial charge >= 0.3 is 0 Å². The van der Waals surface area contributed by atoms with Crippen molar-refractivity contribution >= 4 is 11.8 Å². The van der Waals surface area contributed by atoms with Crippen LogP contribution in [0.4, 0.5) is 0 Å². The summed E-state index contributed by atoms with van der Waals surface area (Å²) in [5.74, 6) is -0.554. The molecule has 0 saturated carbocycles. The first-order valence-electron chi connectivity index (χ1n) is 3.62. The highest BCUT2D eigenvalue weighted by Crippen LogP contribution is 1.85. The third kappa shape index (κ3) is 6.77. The molecular formula is C8H13NO2. The first kappa shape index (κ1) is 9.88. The van der Waals surface area contributed by atoms with Gasteiger partial charge < -0.3 is 0 Å². The van der Waals surface area contributed by atoms with E-state index >= 15 is 0 Å². The fourth-order valence-electron chi connectivity index (χ4n) is 0.604. The summed E-state index contributed by atoms with van der Waals surface area (Å²) >= 11 is 0. The molecule has 0 aliphatic carbocycles. The fourth-order valence-corrected chi connectivity index (χ4v) is 0.604. The number of carbonyl (C=O) groups excluding carboxylic acids is 2. The molecule has 11 heavy (non-hydrogen) atoms. The van der Waals surface area contributed by atoms with E-state index < -0.39 is 0 Å². The Kier molecular flexibility index (Phi) is 5.07. The molecule has 0 unspecified atom stereocenters. The van der Waals surface area contributed by atoms with Gasteiger partial charge in [0.05, 0.1) is 0 Å². The normalized spacial score (nSPS) is 10.0. The van der Waals surface area contributed by atoms with Crippen molar-refractivity contribution in [3.05, 3.63) is 12.2 Å². The van der Waals surface area contributed by atoms with Crippen LogP contribution in [0.2, 0.25) is 0 Å². The van der Waals surface area contributed by atoms with Crippen LogP contribution < -0.4 is 5.32 Å². The Morgan fingerprint density at radius 2 is 2.00 bits per heavy atom. The SMILES string of the molecule is CC/C=C/CC(=O)NC(C)=O. The summed E-state index contributed by atoms with van der Waals surface area (Å²) in [5, 5.41) is 2.17. The number of hydrogen-bond acceptors (Lipinski definition) is 2. The van der Waals surface area contributed by atoms with Crippen LogP contribution in [0.5, 0.6) is 0 Å². The molecule has 0 radical (unpaired) electrons. The maximum absolute atomic E-state index is 10.7. The molecule has 3 nitrogen and oxygen atoms in total. The summed E-state index contributed by atoms with van der Waals surface area (Å²) in [6.45, 7) is 3.31. The minimum absolute atomic E-state index is 0.248. The number of rotatable bonds is 3. The number of carbonyl (C=O) groups is 2. The number of imide groups is 1. The third-order valence-electron chi connectivity index (χ3n) is 1.02. The Morgan fingerprint density at radius 3 is 2.45 bits per heavy atom. The fraction of sp³-hybridized carbons (Fsp3) is 0.500. The van der Waals surface area contributed by atoms with E-state index in [1.807, 2.05) is 13.0 Å². The molecule has 0 heterocycles. The number of hydrogen-bond donors (Lipinski definition) is 1. The Bertz CT molecular complexity index is 173. The van der Waals surface area contributed by atoms with Gasteiger partial charge in [0.15, 0.2) is 0 Å². The predicted octanol–water partition coefficient (Wildman–Crippen LogP) is 1.01. The zero-order valence-corrected chi connectivity index (χ0v) is 6.89. The second-order valence-corrected chi connectivity index (χ2v) is 2.19. The maximum Gasteiger partial charge on any atom is 0.230 e. The molecule has 0 fully saturated rings. The molecule has 0 rings (SSSR count). The Morgan fingerprint density at radius 1 is 1.36 bits per heavy atom. The molecule has 0 aliphatic rings. The molecule has 0 aromatic heterocycles. The molecule has 0 bridgehead atoms. The van der Waals surface area contributed by atoms with Crippen LogP contribution in [0.15, 0.2) is 12.2 Å². The highest BCUT2D eigenvalue weighted by atomic mass is 16.2. The van der Waals surface area contributed by atoms with E-state index in [9.17, 15) is 9.59 Å². The summed E-state index contributed by atoms with van der Waals surface area (Å²) in [4.78, 5) is 21.1. The van der Waals surface area contributed by atoms with Crippen molar-refractivity contribution in [3.8, 4) is 0 Å². The van der Waals surface area contributed by atoms with E-state index in [0.29, 0.717) is 0 Å². The molecule has 0 spiro atoms. The average Bonchev–Trinajstić information content (AvgIpc) is 1.86. The summed E-state index contributed by atoms with van der Waals surface area (Å²) in [6, 6.07) is 0. The second kappa shape index (κ2) is 5.65. The van der Waals surface area contributed by atoms with Gasteiger partial charge in [-0.3, -0.25) is 14.9 Å². The lowest BCUT2D eigenvalue weighted by Gasteiger charge is -1.94. The summed E-state index contributed by atoms with van der Waals surface area (Å²) in [6.07, 6.45) is 4.83. The van der Waals surface area contributed by atoms with Crippen molar-refractivity contribution in [1.82, 2.24) is 5.32 Å². The minimum Gasteiger partial charge on any atom is -0.296 e. The van der Waals surface area contributed by atoms with Crippen LogP contribution in [0.25, 0.3) is 0 Å². The molecule has 0 atom stereocenters. The standard InChI is InChI=1S/C8H13NO2/c1-3-4-5-6-8(11)9-7(2)10/h4-5H,3,6H2,1-2H3,(H,9,10,11)/b5-4+. The maximum atomic E-state index is 10.7. The van der Waals surface area contributed by atoms with Crippen LogP contribution in [0.1, 0.15) is 26.7 Å². The molecule has 2 amide bonds. The topological polar surface area (TPSA) is 46.2 Å². The summed E-state index contributed by atoms with van der Waals surface area (Å²) < 4.78 is 0. The van der Waals surface area contributed by atoms with E-state index in [1.165, 1.54) is 6.92 Å². The lowest BCUT2D eigenvalue weighted by atomic mass is 10.3. The van der Waals surface area contributed by atoms with E-state index in [1.54, 1.807) is 6.08 Å². The van der Waals surface area contributed by atoms with Gasteiger partial charge in [-0.05, 0) is 6.42 Å². The van der Waals surface area contributed by atoms with Gasteiger partial charge in [0.2, 0.25) is 11.8 Å². The molecule has 3 heteroatoms. The molecule has 0 aromatic rings. The Balaban J connectivity index is 3.53. The van der Waals surface area contributed by atoms with Gasteiger partial charge in [-0.2, -0.15) is 0 Å². The van der Waals surface area contributed by atoms with Crippen molar-refractivity contribution in [2.75, 3.05) is 0 Å². The van der Waals surface area contributed by atoms with E-state index in [-0.39, 0.29) is 18.2 Å². The minimum atomic E-state index is -0.306. The van der Waals surface area contributed by atoms with Crippen LogP contribution in [-0.2, 0) is 9.59 Å². The first-order chi connectivity index (χ1) is 5.16. The van der Waals surface area contributed by atoms with Crippen LogP contribution in [0.3, 0.4) is 0 Å². The number of allylic oxidation sites excluding steroid dienone is 1. The molecule has 0 aliphatic heterocycles. The van der Waals surface area contributed by atoms with Gasteiger partial charge in [-0.15, -0.1) is 0 Å². The molecule has 0 aromatic carbocycles. The van der Waals surface area contributed by atoms with Gasteiger partial charge in [0.1, 0.15) is 0 Å². The third-order valence-corrected chi connectivity index (χ3v) is 1.02. The number of amides is 2. The Labute approximate surface area is 66.5 Å². The lowest BCUT2D eigenvalue weighted by molar-refractivity contribution is -0.128. The van der Waals surface area contributed by atoms with Crippen molar-refractivity contribution in [3.63, 3.8) is 0 Å². The monoisotopic (exact) mass is 155 g/mol. The molecule has 62 valence electrons. The zero-order valence-electron chi connectivity index (χ0n) is 6.89. The van der Waals surface area contributed by atoms with E-state index in [0.717, 1.165) is 6.42 Å². The Hall–Kier alpha value is -1.12. The molecular weight excluding hydrogens is 142 g/mol. The smallest absolute Gasteiger partial charge is 0.230 e. The summed E-state index contributed by atoms with van der Waals surface area (Å²) in [7, 11) is 0. The molecule has 0 saturated heterocycles. The predicted molar refractivity (Wildman–Crippen MR) is 42.9 cm³/mol. The largest absolute Gasteiger partial charge is 0.296 e. The highest BCUT2D eigenvalue weighted by molar-refractivity contribution is 5.94. The van der Waals surface area contributed by atoms with Crippen molar-refractivity contribution < 1.29 is 9.59 Å². The van der Waals surface area contributed by atoms with E-state index in [4.69, 9.17) is 0 Å².